The second kappa shape index (κ2) is 11.1. The van der Waals surface area contributed by atoms with Crippen LogP contribution in [0.25, 0.3) is 0 Å². The zero-order valence-corrected chi connectivity index (χ0v) is 20.1. The number of esters is 1. The molecule has 0 unspecified atom stereocenters. The molecule has 1 aromatic heterocycles. The van der Waals surface area contributed by atoms with Gasteiger partial charge in [0.05, 0.1) is 24.1 Å². The van der Waals surface area contributed by atoms with Crippen molar-refractivity contribution in [3.63, 3.8) is 0 Å². The van der Waals surface area contributed by atoms with Crippen molar-refractivity contribution >= 4 is 17.6 Å². The van der Waals surface area contributed by atoms with Crippen molar-refractivity contribution in [2.45, 2.75) is 45.8 Å². The molecule has 0 saturated carbocycles. The minimum atomic E-state index is -0.541. The van der Waals surface area contributed by atoms with Crippen LogP contribution in [0.1, 0.15) is 46.3 Å². The van der Waals surface area contributed by atoms with Crippen LogP contribution in [0.2, 0.25) is 0 Å². The Morgan fingerprint density at radius 3 is 2.57 bits per heavy atom. The number of fused-ring (bicyclic) bond motifs is 1. The number of anilines is 1. The molecule has 2 aromatic carbocycles. The lowest BCUT2D eigenvalue weighted by atomic mass is 10.0. The van der Waals surface area contributed by atoms with E-state index in [1.165, 1.54) is 17.2 Å². The first-order valence-corrected chi connectivity index (χ1v) is 11.8. The topological polar surface area (TPSA) is 93.5 Å². The molecule has 4 rings (SSSR count). The van der Waals surface area contributed by atoms with Crippen molar-refractivity contribution in [1.29, 1.82) is 0 Å². The number of rotatable bonds is 8. The average molecular weight is 475 g/mol. The van der Waals surface area contributed by atoms with Crippen molar-refractivity contribution < 1.29 is 14.3 Å². The number of nitrogens with zero attached hydrogens (tertiary/aromatic N) is 3. The second-order valence-electron chi connectivity index (χ2n) is 8.63. The average Bonchev–Trinajstić information content (AvgIpc) is 2.87. The summed E-state index contributed by atoms with van der Waals surface area (Å²) in [4.78, 5) is 45.5. The Labute approximate surface area is 204 Å². The molecule has 8 heteroatoms. The number of carbonyl (C=O) groups excluding carboxylic acids is 2. The van der Waals surface area contributed by atoms with E-state index in [-0.39, 0.29) is 17.7 Å². The summed E-state index contributed by atoms with van der Waals surface area (Å²) < 4.78 is 6.27. The monoisotopic (exact) mass is 474 g/mol. The van der Waals surface area contributed by atoms with Gasteiger partial charge in [-0.25, -0.2) is 9.78 Å². The van der Waals surface area contributed by atoms with Crippen molar-refractivity contribution in [3.8, 4) is 0 Å². The highest BCUT2D eigenvalue weighted by atomic mass is 16.5. The van der Waals surface area contributed by atoms with Gasteiger partial charge in [-0.3, -0.25) is 19.1 Å². The Morgan fingerprint density at radius 2 is 1.83 bits per heavy atom. The van der Waals surface area contributed by atoms with Gasteiger partial charge in [0.1, 0.15) is 12.4 Å². The summed E-state index contributed by atoms with van der Waals surface area (Å²) in [7, 11) is 1.29. The number of aryl methyl sites for hydroxylation is 1. The molecule has 0 bridgehead atoms. The maximum Gasteiger partial charge on any atom is 0.339 e. The van der Waals surface area contributed by atoms with Crippen molar-refractivity contribution in [1.82, 2.24) is 14.5 Å². The van der Waals surface area contributed by atoms with Gasteiger partial charge in [0.15, 0.2) is 0 Å². The standard InChI is InChI=1S/C27H30N4O4/c1-3-9-24-28-23-17-30(16-19-10-5-4-6-11-19)15-14-20(23)26(33)31(24)18-25(32)29-22-13-8-7-12-21(22)27(34)35-2/h4-8,10-13H,3,9,14-18H2,1-2H3,(H,29,32). The number of amides is 1. The number of hydrogen-bond acceptors (Lipinski definition) is 6. The summed E-state index contributed by atoms with van der Waals surface area (Å²) in [5, 5.41) is 2.75. The molecule has 3 aromatic rings. The van der Waals surface area contributed by atoms with E-state index in [9.17, 15) is 14.4 Å². The van der Waals surface area contributed by atoms with E-state index in [2.05, 4.69) is 22.3 Å². The van der Waals surface area contributed by atoms with Gasteiger partial charge in [-0.05, 0) is 30.5 Å². The van der Waals surface area contributed by atoms with E-state index in [0.717, 1.165) is 25.2 Å². The third-order valence-electron chi connectivity index (χ3n) is 6.11. The molecular weight excluding hydrogens is 444 g/mol. The van der Waals surface area contributed by atoms with Crippen LogP contribution in [0.4, 0.5) is 5.69 Å². The number of carbonyl (C=O) groups is 2. The van der Waals surface area contributed by atoms with Gasteiger partial charge in [0.25, 0.3) is 5.56 Å². The zero-order valence-electron chi connectivity index (χ0n) is 20.1. The number of hydrogen-bond donors (Lipinski definition) is 1. The first kappa shape index (κ1) is 24.3. The molecule has 2 heterocycles. The summed E-state index contributed by atoms with van der Waals surface area (Å²) >= 11 is 0. The fourth-order valence-corrected chi connectivity index (χ4v) is 4.40. The molecule has 0 radical (unpaired) electrons. The van der Waals surface area contributed by atoms with Crippen LogP contribution in [0, 0.1) is 0 Å². The fraction of sp³-hybridized carbons (Fsp3) is 0.333. The molecule has 0 aliphatic carbocycles. The Kier molecular flexibility index (Phi) is 7.72. The largest absolute Gasteiger partial charge is 0.465 e. The normalized spacial score (nSPS) is 13.2. The minimum Gasteiger partial charge on any atom is -0.465 e. The van der Waals surface area contributed by atoms with E-state index in [1.54, 1.807) is 24.3 Å². The van der Waals surface area contributed by atoms with E-state index >= 15 is 0 Å². The Bertz CT molecular complexity index is 1270. The predicted molar refractivity (Wildman–Crippen MR) is 133 cm³/mol. The van der Waals surface area contributed by atoms with Crippen LogP contribution in [0.3, 0.4) is 0 Å². The molecular formula is C27H30N4O4. The SMILES string of the molecule is CCCc1nc2c(c(=O)n1CC(=O)Nc1ccccc1C(=O)OC)CCN(Cc1ccccc1)C2. The van der Waals surface area contributed by atoms with Gasteiger partial charge >= 0.3 is 5.97 Å². The maximum atomic E-state index is 13.4. The number of para-hydroxylation sites is 1. The molecule has 0 spiro atoms. The number of aromatic nitrogens is 2. The highest BCUT2D eigenvalue weighted by Crippen LogP contribution is 2.19. The summed E-state index contributed by atoms with van der Waals surface area (Å²) in [6, 6.07) is 16.9. The highest BCUT2D eigenvalue weighted by molar-refractivity contribution is 6.01. The second-order valence-corrected chi connectivity index (χ2v) is 8.63. The number of nitrogens with one attached hydrogen (secondary N) is 1. The number of ether oxygens (including phenoxy) is 1. The summed E-state index contributed by atoms with van der Waals surface area (Å²) in [5.74, 6) is -0.335. The molecule has 8 nitrogen and oxygen atoms in total. The zero-order chi connectivity index (χ0) is 24.8. The molecule has 1 N–H and O–H groups in total. The highest BCUT2D eigenvalue weighted by Gasteiger charge is 2.24. The van der Waals surface area contributed by atoms with E-state index in [1.807, 2.05) is 25.1 Å². The van der Waals surface area contributed by atoms with Gasteiger partial charge < -0.3 is 10.1 Å². The van der Waals surface area contributed by atoms with Gasteiger partial charge in [0, 0.05) is 31.6 Å². The first-order chi connectivity index (χ1) is 17.0. The fourth-order valence-electron chi connectivity index (χ4n) is 4.40. The Morgan fingerprint density at radius 1 is 1.09 bits per heavy atom. The van der Waals surface area contributed by atoms with Crippen LogP contribution in [0.15, 0.2) is 59.4 Å². The molecule has 1 aliphatic rings. The van der Waals surface area contributed by atoms with Gasteiger partial charge in [0.2, 0.25) is 5.91 Å². The lowest BCUT2D eigenvalue weighted by molar-refractivity contribution is -0.116. The molecule has 0 atom stereocenters. The van der Waals surface area contributed by atoms with E-state index in [4.69, 9.17) is 9.72 Å². The summed E-state index contributed by atoms with van der Waals surface area (Å²) in [6.07, 6.45) is 1.98. The molecule has 0 fully saturated rings. The molecule has 0 saturated heterocycles. The predicted octanol–water partition coefficient (Wildman–Crippen LogP) is 3.18. The smallest absolute Gasteiger partial charge is 0.339 e. The minimum absolute atomic E-state index is 0.158. The van der Waals surface area contributed by atoms with E-state index < -0.39 is 11.9 Å². The third-order valence-corrected chi connectivity index (χ3v) is 6.11. The van der Waals surface area contributed by atoms with Crippen LogP contribution in [-0.4, -0.2) is 40.0 Å². The van der Waals surface area contributed by atoms with Gasteiger partial charge in [-0.15, -0.1) is 0 Å². The lowest BCUT2D eigenvalue weighted by Crippen LogP contribution is -2.40. The van der Waals surface area contributed by atoms with E-state index in [0.29, 0.717) is 36.5 Å². The van der Waals surface area contributed by atoms with Gasteiger partial charge in [-0.2, -0.15) is 0 Å². The molecule has 182 valence electrons. The molecule has 1 aliphatic heterocycles. The van der Waals surface area contributed by atoms with Crippen LogP contribution in [-0.2, 0) is 42.0 Å². The Hall–Kier alpha value is -3.78. The van der Waals surface area contributed by atoms with Crippen molar-refractivity contribution in [2.75, 3.05) is 19.0 Å². The first-order valence-electron chi connectivity index (χ1n) is 11.8. The number of benzene rings is 2. The lowest BCUT2D eigenvalue weighted by Gasteiger charge is -2.29. The van der Waals surface area contributed by atoms with Crippen molar-refractivity contribution in [2.24, 2.45) is 0 Å². The quantitative estimate of drug-likeness (QED) is 0.504. The third kappa shape index (κ3) is 5.66. The van der Waals surface area contributed by atoms with Gasteiger partial charge in [-0.1, -0.05) is 49.4 Å². The van der Waals surface area contributed by atoms with Crippen molar-refractivity contribution in [3.05, 3.63) is 93.2 Å². The maximum absolute atomic E-state index is 13.4. The Balaban J connectivity index is 1.56. The van der Waals surface area contributed by atoms with Crippen LogP contribution >= 0.6 is 0 Å². The van der Waals surface area contributed by atoms with Crippen LogP contribution in [0.5, 0.6) is 0 Å². The summed E-state index contributed by atoms with van der Waals surface area (Å²) in [5.41, 5.74) is 3.14. The van der Waals surface area contributed by atoms with Crippen LogP contribution < -0.4 is 10.9 Å². The molecule has 35 heavy (non-hydrogen) atoms. The number of methoxy groups -OCH3 is 1. The molecule has 1 amide bonds. The summed E-state index contributed by atoms with van der Waals surface area (Å²) in [6.45, 7) is 4.01.